The van der Waals surface area contributed by atoms with Gasteiger partial charge >= 0.3 is 0 Å². The van der Waals surface area contributed by atoms with Crippen molar-refractivity contribution in [3.8, 4) is 11.3 Å². The Morgan fingerprint density at radius 2 is 1.85 bits per heavy atom. The van der Waals surface area contributed by atoms with Gasteiger partial charge in [-0.1, -0.05) is 42.5 Å². The van der Waals surface area contributed by atoms with Crippen molar-refractivity contribution in [3.05, 3.63) is 71.8 Å². The summed E-state index contributed by atoms with van der Waals surface area (Å²) in [6, 6.07) is 15.4. The summed E-state index contributed by atoms with van der Waals surface area (Å²) in [7, 11) is -3.78. The number of rotatable bonds is 6. The van der Waals surface area contributed by atoms with E-state index >= 15 is 0 Å². The molecular formula is C19H18N2O4S. The lowest BCUT2D eigenvalue weighted by atomic mass is 10.1. The van der Waals surface area contributed by atoms with E-state index in [4.69, 9.17) is 4.42 Å². The standard InChI is InChI=1S/C19H18N2O4S/c1-13(22)16-9-6-10-17(11-16)26(23,24)20-12-18-21-19(14(2)25-18)15-7-4-3-5-8-15/h3-11,20H,12H2,1-2H3. The maximum atomic E-state index is 12.5. The van der Waals surface area contributed by atoms with E-state index in [1.165, 1.54) is 25.1 Å². The summed E-state index contributed by atoms with van der Waals surface area (Å²) in [5.41, 5.74) is 1.92. The van der Waals surface area contributed by atoms with Crippen LogP contribution in [0.15, 0.2) is 63.9 Å². The molecule has 1 N–H and O–H groups in total. The zero-order valence-electron chi connectivity index (χ0n) is 14.4. The quantitative estimate of drug-likeness (QED) is 0.672. The molecule has 1 heterocycles. The highest BCUT2D eigenvalue weighted by Crippen LogP contribution is 2.23. The van der Waals surface area contributed by atoms with Crippen molar-refractivity contribution < 1.29 is 17.6 Å². The van der Waals surface area contributed by atoms with E-state index < -0.39 is 10.0 Å². The van der Waals surface area contributed by atoms with Gasteiger partial charge in [0.15, 0.2) is 5.78 Å². The Morgan fingerprint density at radius 3 is 2.54 bits per heavy atom. The maximum absolute atomic E-state index is 12.5. The van der Waals surface area contributed by atoms with Crippen LogP contribution in [-0.4, -0.2) is 19.2 Å². The fourth-order valence-electron chi connectivity index (χ4n) is 2.51. The second-order valence-electron chi connectivity index (χ2n) is 5.79. The molecule has 0 spiro atoms. The number of Topliss-reactive ketones (excluding diaryl/α,β-unsaturated/α-hetero) is 1. The number of carbonyl (C=O) groups excluding carboxylic acids is 1. The zero-order valence-corrected chi connectivity index (χ0v) is 15.2. The number of carbonyl (C=O) groups is 1. The summed E-state index contributed by atoms with van der Waals surface area (Å²) in [6.45, 7) is 3.09. The van der Waals surface area contributed by atoms with Gasteiger partial charge in [0.2, 0.25) is 15.9 Å². The molecule has 0 fully saturated rings. The Bertz CT molecular complexity index is 1040. The highest BCUT2D eigenvalue weighted by Gasteiger charge is 2.18. The monoisotopic (exact) mass is 370 g/mol. The van der Waals surface area contributed by atoms with Gasteiger partial charge in [-0.3, -0.25) is 4.79 Å². The van der Waals surface area contributed by atoms with Crippen molar-refractivity contribution in [2.24, 2.45) is 0 Å². The maximum Gasteiger partial charge on any atom is 0.241 e. The molecule has 0 aliphatic rings. The van der Waals surface area contributed by atoms with Crippen LogP contribution in [0.5, 0.6) is 0 Å². The summed E-state index contributed by atoms with van der Waals surface area (Å²) >= 11 is 0. The zero-order chi connectivity index (χ0) is 18.7. The average molecular weight is 370 g/mol. The molecule has 2 aromatic carbocycles. The molecule has 0 radical (unpaired) electrons. The molecule has 0 saturated heterocycles. The Morgan fingerprint density at radius 1 is 1.12 bits per heavy atom. The fourth-order valence-corrected chi connectivity index (χ4v) is 3.53. The van der Waals surface area contributed by atoms with Crippen molar-refractivity contribution in [1.29, 1.82) is 0 Å². The topological polar surface area (TPSA) is 89.3 Å². The van der Waals surface area contributed by atoms with Gasteiger partial charge in [0.25, 0.3) is 0 Å². The summed E-state index contributed by atoms with van der Waals surface area (Å²) in [5, 5.41) is 0. The molecule has 0 amide bonds. The Hall–Kier alpha value is -2.77. The van der Waals surface area contributed by atoms with Crippen molar-refractivity contribution in [3.63, 3.8) is 0 Å². The van der Waals surface area contributed by atoms with Gasteiger partial charge < -0.3 is 4.42 Å². The third-order valence-electron chi connectivity index (χ3n) is 3.85. The second-order valence-corrected chi connectivity index (χ2v) is 7.55. The molecule has 0 unspecified atom stereocenters. The van der Waals surface area contributed by atoms with Crippen LogP contribution in [-0.2, 0) is 16.6 Å². The van der Waals surface area contributed by atoms with Crippen LogP contribution in [0.4, 0.5) is 0 Å². The molecule has 0 bridgehead atoms. The number of nitrogens with zero attached hydrogens (tertiary/aromatic N) is 1. The van der Waals surface area contributed by atoms with E-state index in [9.17, 15) is 13.2 Å². The minimum atomic E-state index is -3.78. The predicted molar refractivity (Wildman–Crippen MR) is 97.1 cm³/mol. The number of aromatic nitrogens is 1. The molecule has 3 rings (SSSR count). The number of oxazole rings is 1. The lowest BCUT2D eigenvalue weighted by molar-refractivity contribution is 0.101. The number of nitrogens with one attached hydrogen (secondary N) is 1. The van der Waals surface area contributed by atoms with Crippen LogP contribution < -0.4 is 4.72 Å². The van der Waals surface area contributed by atoms with Crippen LogP contribution in [0.25, 0.3) is 11.3 Å². The van der Waals surface area contributed by atoms with Crippen LogP contribution in [0, 0.1) is 6.92 Å². The molecule has 0 aliphatic heterocycles. The van der Waals surface area contributed by atoms with Gasteiger partial charge in [0.05, 0.1) is 11.4 Å². The Balaban J connectivity index is 1.79. The largest absolute Gasteiger partial charge is 0.444 e. The van der Waals surface area contributed by atoms with E-state index in [0.29, 0.717) is 17.0 Å². The molecular weight excluding hydrogens is 352 g/mol. The molecule has 3 aromatic rings. The van der Waals surface area contributed by atoms with Gasteiger partial charge in [0.1, 0.15) is 11.5 Å². The molecule has 1 aromatic heterocycles. The van der Waals surface area contributed by atoms with Crippen molar-refractivity contribution >= 4 is 15.8 Å². The van der Waals surface area contributed by atoms with Crippen LogP contribution >= 0.6 is 0 Å². The van der Waals surface area contributed by atoms with E-state index in [-0.39, 0.29) is 23.1 Å². The van der Waals surface area contributed by atoms with Crippen molar-refractivity contribution in [2.45, 2.75) is 25.3 Å². The van der Waals surface area contributed by atoms with Gasteiger partial charge in [-0.05, 0) is 26.0 Å². The average Bonchev–Trinajstić information content (AvgIpc) is 3.02. The molecule has 26 heavy (non-hydrogen) atoms. The molecule has 134 valence electrons. The first kappa shape index (κ1) is 18.0. The molecule has 6 nitrogen and oxygen atoms in total. The Kier molecular flexibility index (Phi) is 5.01. The van der Waals surface area contributed by atoms with Gasteiger partial charge in [-0.15, -0.1) is 0 Å². The number of ketones is 1. The number of hydrogen-bond acceptors (Lipinski definition) is 5. The van der Waals surface area contributed by atoms with Crippen molar-refractivity contribution in [2.75, 3.05) is 0 Å². The van der Waals surface area contributed by atoms with Gasteiger partial charge in [-0.25, -0.2) is 18.1 Å². The third kappa shape index (κ3) is 3.89. The number of benzene rings is 2. The first-order valence-corrected chi connectivity index (χ1v) is 9.47. The highest BCUT2D eigenvalue weighted by atomic mass is 32.2. The summed E-state index contributed by atoms with van der Waals surface area (Å²) in [6.07, 6.45) is 0. The van der Waals surface area contributed by atoms with Crippen LogP contribution in [0.2, 0.25) is 0 Å². The second kappa shape index (κ2) is 7.23. The van der Waals surface area contributed by atoms with Crippen LogP contribution in [0.1, 0.15) is 28.9 Å². The fraction of sp³-hybridized carbons (Fsp3) is 0.158. The highest BCUT2D eigenvalue weighted by molar-refractivity contribution is 7.89. The van der Waals surface area contributed by atoms with Gasteiger partial charge in [0, 0.05) is 11.1 Å². The molecule has 0 aliphatic carbocycles. The minimum Gasteiger partial charge on any atom is -0.444 e. The molecule has 7 heteroatoms. The summed E-state index contributed by atoms with van der Waals surface area (Å²) in [5.74, 6) is 0.689. The van der Waals surface area contributed by atoms with E-state index in [0.717, 1.165) is 5.56 Å². The van der Waals surface area contributed by atoms with Crippen molar-refractivity contribution in [1.82, 2.24) is 9.71 Å². The van der Waals surface area contributed by atoms with Crippen LogP contribution in [0.3, 0.4) is 0 Å². The van der Waals surface area contributed by atoms with E-state index in [1.807, 2.05) is 30.3 Å². The summed E-state index contributed by atoms with van der Waals surface area (Å²) < 4.78 is 32.9. The number of hydrogen-bond donors (Lipinski definition) is 1. The SMILES string of the molecule is CC(=O)c1cccc(S(=O)(=O)NCc2nc(-c3ccccc3)c(C)o2)c1. The van der Waals surface area contributed by atoms with E-state index in [1.54, 1.807) is 13.0 Å². The molecule has 0 atom stereocenters. The third-order valence-corrected chi connectivity index (χ3v) is 5.25. The van der Waals surface area contributed by atoms with Gasteiger partial charge in [-0.2, -0.15) is 0 Å². The smallest absolute Gasteiger partial charge is 0.241 e. The number of sulfonamides is 1. The lowest BCUT2D eigenvalue weighted by Gasteiger charge is -2.06. The first-order chi connectivity index (χ1) is 12.4. The van der Waals surface area contributed by atoms with E-state index in [2.05, 4.69) is 9.71 Å². The molecule has 0 saturated carbocycles. The Labute approximate surface area is 151 Å². The normalized spacial score (nSPS) is 11.5. The predicted octanol–water partition coefficient (Wildman–Crippen LogP) is 3.33. The summed E-state index contributed by atoms with van der Waals surface area (Å²) in [4.78, 5) is 15.8. The lowest BCUT2D eigenvalue weighted by Crippen LogP contribution is -2.23. The minimum absolute atomic E-state index is 0.0248. The number of aryl methyl sites for hydroxylation is 1. The first-order valence-electron chi connectivity index (χ1n) is 7.99.